The van der Waals surface area contributed by atoms with Crippen molar-refractivity contribution < 1.29 is 9.50 Å². The van der Waals surface area contributed by atoms with Crippen molar-refractivity contribution in [3.63, 3.8) is 0 Å². The Bertz CT molecular complexity index is 274. The topological polar surface area (TPSA) is 32.3 Å². The second-order valence-corrected chi connectivity index (χ2v) is 3.30. The minimum absolute atomic E-state index is 0.0956. The first-order chi connectivity index (χ1) is 6.76. The lowest BCUT2D eigenvalue weighted by Crippen LogP contribution is -2.31. The number of aliphatic hydroxyl groups excluding tert-OH is 1. The van der Waals surface area contributed by atoms with Gasteiger partial charge in [-0.1, -0.05) is 19.1 Å². The fourth-order valence-electron chi connectivity index (χ4n) is 1.25. The molecule has 0 aliphatic heterocycles. The quantitative estimate of drug-likeness (QED) is 0.752. The Balaban J connectivity index is 2.44. The lowest BCUT2D eigenvalue weighted by molar-refractivity contribution is 0.238. The van der Waals surface area contributed by atoms with Crippen molar-refractivity contribution in [2.75, 3.05) is 6.61 Å². The van der Waals surface area contributed by atoms with Crippen LogP contribution in [0.1, 0.15) is 18.9 Å². The molecule has 1 rings (SSSR count). The molecule has 0 spiro atoms. The summed E-state index contributed by atoms with van der Waals surface area (Å²) in [6.45, 7) is 2.71. The van der Waals surface area contributed by atoms with Gasteiger partial charge in [0.1, 0.15) is 5.82 Å². The fraction of sp³-hybridized carbons (Fsp3) is 0.455. The number of aliphatic hydroxyl groups is 1. The number of hydrogen-bond acceptors (Lipinski definition) is 2. The molecule has 2 nitrogen and oxygen atoms in total. The number of halogens is 1. The highest BCUT2D eigenvalue weighted by molar-refractivity contribution is 5.16. The molecule has 0 aliphatic rings. The van der Waals surface area contributed by atoms with Gasteiger partial charge in [-0.25, -0.2) is 4.39 Å². The average molecular weight is 197 g/mol. The summed E-state index contributed by atoms with van der Waals surface area (Å²) >= 11 is 0. The number of hydrogen-bond donors (Lipinski definition) is 2. The highest BCUT2D eigenvalue weighted by Gasteiger charge is 2.03. The molecule has 0 aliphatic carbocycles. The van der Waals surface area contributed by atoms with E-state index < -0.39 is 0 Å². The van der Waals surface area contributed by atoms with Crippen LogP contribution in [-0.4, -0.2) is 17.8 Å². The van der Waals surface area contributed by atoms with Crippen LogP contribution in [0.3, 0.4) is 0 Å². The molecular weight excluding hydrogens is 181 g/mol. The smallest absolute Gasteiger partial charge is 0.123 e. The van der Waals surface area contributed by atoms with Crippen molar-refractivity contribution in [1.29, 1.82) is 0 Å². The van der Waals surface area contributed by atoms with E-state index in [9.17, 15) is 4.39 Å². The SMILES string of the molecule is CCC(CO)NCc1cccc(F)c1. The van der Waals surface area contributed by atoms with Crippen molar-refractivity contribution in [1.82, 2.24) is 5.32 Å². The van der Waals surface area contributed by atoms with Gasteiger partial charge in [-0.15, -0.1) is 0 Å². The molecule has 3 heteroatoms. The highest BCUT2D eigenvalue weighted by atomic mass is 19.1. The summed E-state index contributed by atoms with van der Waals surface area (Å²) in [5.74, 6) is -0.221. The van der Waals surface area contributed by atoms with Crippen LogP contribution in [0.5, 0.6) is 0 Å². The van der Waals surface area contributed by atoms with Crippen molar-refractivity contribution in [2.24, 2.45) is 0 Å². The van der Waals surface area contributed by atoms with Gasteiger partial charge >= 0.3 is 0 Å². The second-order valence-electron chi connectivity index (χ2n) is 3.30. The molecule has 1 aromatic carbocycles. The zero-order valence-corrected chi connectivity index (χ0v) is 8.33. The van der Waals surface area contributed by atoms with Crippen molar-refractivity contribution in [3.8, 4) is 0 Å². The van der Waals surface area contributed by atoms with E-state index in [1.54, 1.807) is 6.07 Å². The molecule has 0 saturated carbocycles. The Morgan fingerprint density at radius 1 is 1.50 bits per heavy atom. The maximum absolute atomic E-state index is 12.8. The third-order valence-electron chi connectivity index (χ3n) is 2.20. The van der Waals surface area contributed by atoms with Crippen molar-refractivity contribution in [3.05, 3.63) is 35.6 Å². The van der Waals surface area contributed by atoms with Gasteiger partial charge in [0.15, 0.2) is 0 Å². The molecule has 0 fully saturated rings. The van der Waals surface area contributed by atoms with Gasteiger partial charge in [0.2, 0.25) is 0 Å². The molecule has 78 valence electrons. The maximum atomic E-state index is 12.8. The summed E-state index contributed by atoms with van der Waals surface area (Å²) in [6, 6.07) is 6.56. The van der Waals surface area contributed by atoms with E-state index in [2.05, 4.69) is 5.32 Å². The van der Waals surface area contributed by atoms with Gasteiger partial charge in [0.05, 0.1) is 6.61 Å². The normalized spacial score (nSPS) is 12.8. The molecule has 1 aromatic rings. The minimum Gasteiger partial charge on any atom is -0.395 e. The van der Waals surface area contributed by atoms with Crippen LogP contribution in [0.2, 0.25) is 0 Å². The molecule has 0 saturated heterocycles. The summed E-state index contributed by atoms with van der Waals surface area (Å²) in [7, 11) is 0. The van der Waals surface area contributed by atoms with Gasteiger partial charge in [0.25, 0.3) is 0 Å². The Morgan fingerprint density at radius 2 is 2.29 bits per heavy atom. The van der Waals surface area contributed by atoms with Crippen LogP contribution in [0.15, 0.2) is 24.3 Å². The number of nitrogens with one attached hydrogen (secondary N) is 1. The van der Waals surface area contributed by atoms with E-state index in [1.807, 2.05) is 13.0 Å². The Labute approximate surface area is 83.8 Å². The summed E-state index contributed by atoms with van der Waals surface area (Å²) in [6.07, 6.45) is 0.867. The van der Waals surface area contributed by atoms with Gasteiger partial charge in [-0.2, -0.15) is 0 Å². The molecule has 0 heterocycles. The maximum Gasteiger partial charge on any atom is 0.123 e. The van der Waals surface area contributed by atoms with Crippen molar-refractivity contribution >= 4 is 0 Å². The zero-order chi connectivity index (χ0) is 10.4. The van der Waals surface area contributed by atoms with Crippen LogP contribution in [0.4, 0.5) is 4.39 Å². The molecule has 1 atom stereocenters. The van der Waals surface area contributed by atoms with Crippen LogP contribution < -0.4 is 5.32 Å². The standard InChI is InChI=1S/C11H16FNO/c1-2-11(8-14)13-7-9-4-3-5-10(12)6-9/h3-6,11,13-14H,2,7-8H2,1H3. The van der Waals surface area contributed by atoms with Crippen LogP contribution >= 0.6 is 0 Å². The molecule has 0 radical (unpaired) electrons. The molecule has 14 heavy (non-hydrogen) atoms. The monoisotopic (exact) mass is 197 g/mol. The Morgan fingerprint density at radius 3 is 2.86 bits per heavy atom. The first-order valence-electron chi connectivity index (χ1n) is 4.85. The van der Waals surface area contributed by atoms with Crippen LogP contribution in [0.25, 0.3) is 0 Å². The van der Waals surface area contributed by atoms with E-state index in [0.29, 0.717) is 6.54 Å². The van der Waals surface area contributed by atoms with Crippen LogP contribution in [0, 0.1) is 5.82 Å². The molecule has 2 N–H and O–H groups in total. The lowest BCUT2D eigenvalue weighted by Gasteiger charge is -2.13. The van der Waals surface area contributed by atoms with E-state index in [1.165, 1.54) is 12.1 Å². The summed E-state index contributed by atoms with van der Waals surface area (Å²) in [5.41, 5.74) is 0.900. The van der Waals surface area contributed by atoms with Crippen LogP contribution in [-0.2, 0) is 6.54 Å². The van der Waals surface area contributed by atoms with E-state index in [-0.39, 0.29) is 18.5 Å². The van der Waals surface area contributed by atoms with Gasteiger partial charge < -0.3 is 10.4 Å². The first-order valence-corrected chi connectivity index (χ1v) is 4.85. The Hall–Kier alpha value is -0.930. The first kappa shape index (κ1) is 11.1. The van der Waals surface area contributed by atoms with E-state index in [4.69, 9.17) is 5.11 Å². The number of rotatable bonds is 5. The van der Waals surface area contributed by atoms with Gasteiger partial charge in [-0.3, -0.25) is 0 Å². The fourth-order valence-corrected chi connectivity index (χ4v) is 1.25. The van der Waals surface area contributed by atoms with Gasteiger partial charge in [-0.05, 0) is 24.1 Å². The number of benzene rings is 1. The molecule has 0 bridgehead atoms. The zero-order valence-electron chi connectivity index (χ0n) is 8.33. The third-order valence-corrected chi connectivity index (χ3v) is 2.20. The predicted octanol–water partition coefficient (Wildman–Crippen LogP) is 1.69. The second kappa shape index (κ2) is 5.73. The molecule has 0 aromatic heterocycles. The Kier molecular flexibility index (Phi) is 4.56. The van der Waals surface area contributed by atoms with Crippen molar-refractivity contribution in [2.45, 2.75) is 25.9 Å². The molecular formula is C11H16FNO. The summed E-state index contributed by atoms with van der Waals surface area (Å²) in [5, 5.41) is 12.1. The summed E-state index contributed by atoms with van der Waals surface area (Å²) in [4.78, 5) is 0. The molecule has 0 amide bonds. The average Bonchev–Trinajstić information content (AvgIpc) is 2.19. The molecule has 1 unspecified atom stereocenters. The minimum atomic E-state index is -0.221. The lowest BCUT2D eigenvalue weighted by atomic mass is 10.2. The van der Waals surface area contributed by atoms with Gasteiger partial charge in [0, 0.05) is 12.6 Å². The van der Waals surface area contributed by atoms with E-state index in [0.717, 1.165) is 12.0 Å². The highest BCUT2D eigenvalue weighted by Crippen LogP contribution is 2.03. The third kappa shape index (κ3) is 3.44. The van der Waals surface area contributed by atoms with E-state index >= 15 is 0 Å². The predicted molar refractivity (Wildman–Crippen MR) is 54.4 cm³/mol. The largest absolute Gasteiger partial charge is 0.395 e. The summed E-state index contributed by atoms with van der Waals surface area (Å²) < 4.78 is 12.8.